The highest BCUT2D eigenvalue weighted by atomic mass is 31.1. The maximum absolute atomic E-state index is 10.5. The zero-order chi connectivity index (χ0) is 6.69. The summed E-state index contributed by atoms with van der Waals surface area (Å²) in [5.41, 5.74) is 0. The van der Waals surface area contributed by atoms with Gasteiger partial charge in [0.2, 0.25) is 0 Å². The predicted molar refractivity (Wildman–Crippen MR) is 33.9 cm³/mol. The Balaban J connectivity index is 2.26. The van der Waals surface area contributed by atoms with Crippen LogP contribution in [0.4, 0.5) is 0 Å². The first-order valence-corrected chi connectivity index (χ1v) is 4.08. The number of rotatable bonds is 1. The zero-order valence-electron chi connectivity index (χ0n) is 4.95. The van der Waals surface area contributed by atoms with Crippen LogP contribution in [-0.2, 0) is 13.8 Å². The number of hydrogen-bond donors (Lipinski definition) is 0. The molecule has 1 fully saturated rings. The van der Waals surface area contributed by atoms with Crippen LogP contribution in [0.25, 0.3) is 0 Å². The number of hydrogen-bond acceptors (Lipinski definition) is 3. The quantitative estimate of drug-likeness (QED) is 0.402. The molecule has 48 valence electrons. The summed E-state index contributed by atoms with van der Waals surface area (Å²) >= 11 is 0. The lowest BCUT2D eigenvalue weighted by Crippen LogP contribution is -2.21. The third kappa shape index (κ3) is 2.05. The topological polar surface area (TPSA) is 35.5 Å². The lowest BCUT2D eigenvalue weighted by molar-refractivity contribution is 0.0315. The van der Waals surface area contributed by atoms with Crippen molar-refractivity contribution in [3.05, 3.63) is 0 Å². The highest BCUT2D eigenvalue weighted by Crippen LogP contribution is 2.28. The fourth-order valence-corrected chi connectivity index (χ4v) is 1.29. The van der Waals surface area contributed by atoms with Crippen LogP contribution in [-0.4, -0.2) is 26.9 Å². The van der Waals surface area contributed by atoms with Gasteiger partial charge in [-0.05, 0) is 4.57 Å². The molecule has 1 aliphatic rings. The van der Waals surface area contributed by atoms with Crippen molar-refractivity contribution in [1.82, 2.24) is 0 Å². The molecule has 2 atom stereocenters. The summed E-state index contributed by atoms with van der Waals surface area (Å²) in [6, 6.07) is 0. The van der Waals surface area contributed by atoms with Gasteiger partial charge < -0.3 is 4.74 Å². The van der Waals surface area contributed by atoms with E-state index in [1.165, 1.54) is 0 Å². The zero-order valence-corrected chi connectivity index (χ0v) is 5.84. The first-order chi connectivity index (χ1) is 4.33. The Hall–Kier alpha value is 0.0849. The second-order valence-corrected chi connectivity index (χ2v) is 2.96. The minimum atomic E-state index is -1.55. The molecule has 3 nitrogen and oxygen atoms in total. The summed E-state index contributed by atoms with van der Waals surface area (Å²) in [6.45, 7) is 0.367. The Kier molecular flexibility index (Phi) is 2.64. The van der Waals surface area contributed by atoms with Gasteiger partial charge in [0.15, 0.2) is 0 Å². The Morgan fingerprint density at radius 1 is 1.78 bits per heavy atom. The maximum atomic E-state index is 10.5. The summed E-state index contributed by atoms with van der Waals surface area (Å²) in [4.78, 5) is 0. The predicted octanol–water partition coefficient (Wildman–Crippen LogP) is 0.688. The maximum Gasteiger partial charge on any atom is 0.537 e. The molecule has 0 aromatic rings. The van der Waals surface area contributed by atoms with Gasteiger partial charge in [-0.2, -0.15) is 0 Å². The Morgan fingerprint density at radius 2 is 2.56 bits per heavy atom. The van der Waals surface area contributed by atoms with Crippen molar-refractivity contribution in [2.75, 3.05) is 13.0 Å². The van der Waals surface area contributed by atoms with Gasteiger partial charge in [-0.25, -0.2) is 0 Å². The van der Waals surface area contributed by atoms with E-state index in [4.69, 9.17) is 17.1 Å². The summed E-state index contributed by atoms with van der Waals surface area (Å²) in [6.07, 6.45) is 0.568. The van der Waals surface area contributed by atoms with Crippen LogP contribution in [0, 0.1) is 0 Å². The minimum Gasteiger partial charge on any atom is -0.330 e. The van der Waals surface area contributed by atoms with E-state index < -0.39 is 8.03 Å². The van der Waals surface area contributed by atoms with Gasteiger partial charge in [0.05, 0.1) is 14.0 Å². The molecule has 1 heterocycles. The summed E-state index contributed by atoms with van der Waals surface area (Å²) in [5.74, 6) is 0. The smallest absolute Gasteiger partial charge is 0.330 e. The molecule has 0 N–H and O–H groups in total. The molecule has 9 heavy (non-hydrogen) atoms. The van der Waals surface area contributed by atoms with Crippen molar-refractivity contribution in [2.45, 2.75) is 12.4 Å². The van der Waals surface area contributed by atoms with Gasteiger partial charge in [-0.1, -0.05) is 6.32 Å². The Labute approximate surface area is 56.0 Å². The van der Waals surface area contributed by atoms with Gasteiger partial charge in [0.25, 0.3) is 6.35 Å². The molecular weight excluding hydrogens is 138 g/mol. The van der Waals surface area contributed by atoms with E-state index in [2.05, 4.69) is 0 Å². The van der Waals surface area contributed by atoms with Crippen molar-refractivity contribution in [2.24, 2.45) is 0 Å². The lowest BCUT2D eigenvalue weighted by Gasteiger charge is -2.12. The summed E-state index contributed by atoms with van der Waals surface area (Å²) in [7, 11) is 3.70. The normalized spacial score (nSPS) is 32.4. The molecule has 0 aromatic heterocycles. The second-order valence-electron chi connectivity index (χ2n) is 1.78. The number of ether oxygens (including phenoxy) is 1. The van der Waals surface area contributed by atoms with Crippen molar-refractivity contribution in [3.63, 3.8) is 0 Å². The molecule has 0 spiro atoms. The molecule has 0 saturated carbocycles. The summed E-state index contributed by atoms with van der Waals surface area (Å²) < 4.78 is 20.3. The molecule has 1 unspecified atom stereocenters. The van der Waals surface area contributed by atoms with E-state index in [1.54, 1.807) is 0 Å². The van der Waals surface area contributed by atoms with Crippen molar-refractivity contribution < 1.29 is 13.8 Å². The molecule has 1 rings (SSSR count). The largest absolute Gasteiger partial charge is 0.537 e. The Bertz CT molecular complexity index is 108. The molecule has 5 heteroatoms. The average Bonchev–Trinajstić information content (AvgIpc) is 1.90. The van der Waals surface area contributed by atoms with Crippen LogP contribution in [0.1, 0.15) is 0 Å². The second kappa shape index (κ2) is 3.30. The van der Waals surface area contributed by atoms with Crippen molar-refractivity contribution in [1.29, 1.82) is 0 Å². The molecule has 2 radical (unpaired) electrons. The van der Waals surface area contributed by atoms with Crippen LogP contribution in [0.15, 0.2) is 0 Å². The first-order valence-electron chi connectivity index (χ1n) is 2.72. The molecule has 0 bridgehead atoms. The van der Waals surface area contributed by atoms with E-state index >= 15 is 0 Å². The van der Waals surface area contributed by atoms with Gasteiger partial charge in [0.1, 0.15) is 6.61 Å². The monoisotopic (exact) mass is 145 g/mol. The van der Waals surface area contributed by atoms with E-state index in [9.17, 15) is 4.57 Å². The van der Waals surface area contributed by atoms with Crippen LogP contribution in [0.2, 0.25) is 6.32 Å². The third-order valence-corrected chi connectivity index (χ3v) is 1.88. The molecule has 1 aliphatic heterocycles. The van der Waals surface area contributed by atoms with Crippen LogP contribution < -0.4 is 0 Å². The van der Waals surface area contributed by atoms with E-state index in [1.807, 2.05) is 0 Å². The van der Waals surface area contributed by atoms with Crippen LogP contribution >= 0.6 is 8.03 Å². The fraction of sp³-hybridized carbons (Fsp3) is 1.00. The molecule has 0 aromatic carbocycles. The van der Waals surface area contributed by atoms with Crippen molar-refractivity contribution in [3.8, 4) is 0 Å². The molecule has 0 aliphatic carbocycles. The van der Waals surface area contributed by atoms with Crippen LogP contribution in [0.3, 0.4) is 0 Å². The van der Waals surface area contributed by atoms with Crippen LogP contribution in [0.5, 0.6) is 0 Å². The lowest BCUT2D eigenvalue weighted by atomic mass is 10.0. The van der Waals surface area contributed by atoms with E-state index in [-0.39, 0.29) is 12.5 Å². The van der Waals surface area contributed by atoms with Crippen molar-refractivity contribution >= 4 is 15.9 Å². The molecular formula is C4H7BO3P+. The highest BCUT2D eigenvalue weighted by molar-refractivity contribution is 7.38. The van der Waals surface area contributed by atoms with Gasteiger partial charge >= 0.3 is 8.03 Å². The van der Waals surface area contributed by atoms with E-state index in [0.717, 1.165) is 0 Å². The fourth-order valence-electron chi connectivity index (χ4n) is 0.554. The van der Waals surface area contributed by atoms with E-state index in [0.29, 0.717) is 12.9 Å². The Morgan fingerprint density at radius 3 is 3.00 bits per heavy atom. The van der Waals surface area contributed by atoms with Gasteiger partial charge in [-0.15, -0.1) is 4.52 Å². The average molecular weight is 145 g/mol. The molecule has 0 amide bonds. The highest BCUT2D eigenvalue weighted by Gasteiger charge is 2.28. The minimum absolute atomic E-state index is 0.0577. The standard InChI is InChI=1S/C4H7BO3P/c5-1-4-2-8-9(6)3-7-4/h4H,1-3H2/q+1/t4-/m0/s1. The molecule has 1 saturated heterocycles. The van der Waals surface area contributed by atoms with Gasteiger partial charge in [0, 0.05) is 0 Å². The SMILES string of the molecule is [B]C[C@H]1CO[P+](=O)CO1. The third-order valence-electron chi connectivity index (χ3n) is 1.08. The first kappa shape index (κ1) is 7.20. The summed E-state index contributed by atoms with van der Waals surface area (Å²) in [5, 5.41) is 0. The van der Waals surface area contributed by atoms with Gasteiger partial charge in [-0.3, -0.25) is 0 Å².